The molecule has 0 radical (unpaired) electrons. The average molecular weight is 514 g/mol. The molecule has 0 spiro atoms. The van der Waals surface area contributed by atoms with E-state index in [1.807, 2.05) is 0 Å². The number of nitrogens with two attached hydrogens (primary N) is 1. The maximum absolute atomic E-state index is 12.3. The van der Waals surface area contributed by atoms with E-state index in [2.05, 4.69) is 44.3 Å². The molecule has 1 aromatic heterocycles. The molecule has 0 aliphatic carbocycles. The summed E-state index contributed by atoms with van der Waals surface area (Å²) in [7, 11) is 0. The summed E-state index contributed by atoms with van der Waals surface area (Å²) in [5.41, 5.74) is 8.91. The molecule has 3 rings (SSSR count). The number of carbonyl (C=O) groups is 3. The van der Waals surface area contributed by atoms with Crippen LogP contribution in [0.3, 0.4) is 0 Å². The molecule has 0 saturated heterocycles. The van der Waals surface area contributed by atoms with Crippen molar-refractivity contribution >= 4 is 23.3 Å². The number of ketones is 1. The SMILES string of the molecule is C[C@@H](O)[C@H](NC(=O)c1ccc(C#CC#Cc2ccc(NC(=O)[C@@H](N)Cc3cnc[nH]3)cc2)cc1)C(=O)CO. The molecule has 0 saturated carbocycles. The van der Waals surface area contributed by atoms with Gasteiger partial charge >= 0.3 is 0 Å². The second kappa shape index (κ2) is 13.5. The number of benzene rings is 2. The zero-order valence-electron chi connectivity index (χ0n) is 20.6. The van der Waals surface area contributed by atoms with Crippen molar-refractivity contribution in [1.29, 1.82) is 0 Å². The van der Waals surface area contributed by atoms with E-state index >= 15 is 0 Å². The van der Waals surface area contributed by atoms with Gasteiger partial charge in [-0.2, -0.15) is 0 Å². The van der Waals surface area contributed by atoms with E-state index in [0.717, 1.165) is 5.69 Å². The second-order valence-corrected chi connectivity index (χ2v) is 8.35. The van der Waals surface area contributed by atoms with Gasteiger partial charge in [-0.25, -0.2) is 4.98 Å². The van der Waals surface area contributed by atoms with Gasteiger partial charge in [0.05, 0.1) is 18.5 Å². The fourth-order valence-electron chi connectivity index (χ4n) is 3.30. The standard InChI is InChI=1S/C28H27N5O5/c1-18(35)26(25(36)16-34)33-27(37)21-10-6-19(7-11-21)4-2-3-5-20-8-12-22(13-9-20)32-28(38)24(29)14-23-15-30-17-31-23/h6-13,15,17-18,24,26,34-35H,14,16,29H2,1H3,(H,30,31)(H,32,38)(H,33,37)/t18-,24+,26+/m1/s1. The van der Waals surface area contributed by atoms with Crippen LogP contribution in [0.1, 0.15) is 34.1 Å². The number of H-pyrrole nitrogens is 1. The molecular formula is C28H27N5O5. The number of nitrogens with one attached hydrogen (secondary N) is 3. The minimum absolute atomic E-state index is 0.271. The fourth-order valence-corrected chi connectivity index (χ4v) is 3.30. The Morgan fingerprint density at radius 2 is 1.63 bits per heavy atom. The summed E-state index contributed by atoms with van der Waals surface area (Å²) in [5, 5.41) is 23.8. The predicted octanol–water partition coefficient (Wildman–Crippen LogP) is 0.362. The van der Waals surface area contributed by atoms with Crippen molar-refractivity contribution in [3.63, 3.8) is 0 Å². The lowest BCUT2D eigenvalue weighted by Gasteiger charge is -2.19. The highest BCUT2D eigenvalue weighted by atomic mass is 16.3. The van der Waals surface area contributed by atoms with Crippen LogP contribution in [-0.4, -0.2) is 62.6 Å². The first kappa shape index (κ1) is 27.8. The number of Topliss-reactive ketones (excluding diaryl/α,β-unsaturated/α-hetero) is 1. The number of aromatic amines is 1. The third kappa shape index (κ3) is 8.15. The van der Waals surface area contributed by atoms with Crippen LogP contribution in [0.15, 0.2) is 61.1 Å². The molecule has 0 aliphatic heterocycles. The molecule has 7 N–H and O–H groups in total. The number of nitrogens with zero attached hydrogens (tertiary/aromatic N) is 1. The minimum Gasteiger partial charge on any atom is -0.391 e. The predicted molar refractivity (Wildman–Crippen MR) is 141 cm³/mol. The minimum atomic E-state index is -1.20. The Labute approximate surface area is 219 Å². The van der Waals surface area contributed by atoms with E-state index in [0.29, 0.717) is 23.2 Å². The molecule has 194 valence electrons. The van der Waals surface area contributed by atoms with Gasteiger partial charge in [-0.05, 0) is 67.3 Å². The first-order chi connectivity index (χ1) is 18.3. The number of hydrogen-bond acceptors (Lipinski definition) is 7. The van der Waals surface area contributed by atoms with E-state index in [9.17, 15) is 19.5 Å². The highest BCUT2D eigenvalue weighted by molar-refractivity contribution is 5.98. The van der Waals surface area contributed by atoms with Crippen LogP contribution >= 0.6 is 0 Å². The molecule has 0 aliphatic rings. The lowest BCUT2D eigenvalue weighted by molar-refractivity contribution is -0.126. The molecule has 3 aromatic rings. The van der Waals surface area contributed by atoms with Crippen LogP contribution in [0.25, 0.3) is 0 Å². The summed E-state index contributed by atoms with van der Waals surface area (Å²) in [4.78, 5) is 43.1. The summed E-state index contributed by atoms with van der Waals surface area (Å²) in [6.45, 7) is 0.569. The molecule has 3 atom stereocenters. The molecule has 1 heterocycles. The largest absolute Gasteiger partial charge is 0.391 e. The van der Waals surface area contributed by atoms with Crippen molar-refractivity contribution in [2.45, 2.75) is 31.5 Å². The van der Waals surface area contributed by atoms with Crippen LogP contribution in [-0.2, 0) is 16.0 Å². The maximum atomic E-state index is 12.3. The molecular weight excluding hydrogens is 486 g/mol. The van der Waals surface area contributed by atoms with E-state index in [-0.39, 0.29) is 11.5 Å². The summed E-state index contributed by atoms with van der Waals surface area (Å²) >= 11 is 0. The van der Waals surface area contributed by atoms with Gasteiger partial charge in [-0.3, -0.25) is 14.4 Å². The third-order valence-corrected chi connectivity index (χ3v) is 5.38. The Balaban J connectivity index is 1.53. The van der Waals surface area contributed by atoms with Gasteiger partial charge in [0.15, 0.2) is 5.78 Å². The highest BCUT2D eigenvalue weighted by Crippen LogP contribution is 2.10. The molecule has 2 amide bonds. The van der Waals surface area contributed by atoms with Crippen molar-refractivity contribution < 1.29 is 24.6 Å². The first-order valence-electron chi connectivity index (χ1n) is 11.6. The molecule has 10 nitrogen and oxygen atoms in total. The summed E-state index contributed by atoms with van der Waals surface area (Å²) in [6.07, 6.45) is 2.36. The summed E-state index contributed by atoms with van der Waals surface area (Å²) in [5.74, 6) is 9.73. The van der Waals surface area contributed by atoms with Crippen LogP contribution in [0.2, 0.25) is 0 Å². The van der Waals surface area contributed by atoms with Crippen molar-refractivity contribution in [1.82, 2.24) is 15.3 Å². The van der Waals surface area contributed by atoms with Crippen LogP contribution in [0.5, 0.6) is 0 Å². The third-order valence-electron chi connectivity index (χ3n) is 5.38. The number of hydrogen-bond donors (Lipinski definition) is 6. The van der Waals surface area contributed by atoms with Crippen molar-refractivity contribution in [3.05, 3.63) is 83.4 Å². The Morgan fingerprint density at radius 3 is 2.16 bits per heavy atom. The van der Waals surface area contributed by atoms with Crippen molar-refractivity contribution in [3.8, 4) is 23.7 Å². The maximum Gasteiger partial charge on any atom is 0.251 e. The molecule has 0 fully saturated rings. The fraction of sp³-hybridized carbons (Fsp3) is 0.214. The van der Waals surface area contributed by atoms with Gasteiger partial charge in [0.2, 0.25) is 5.91 Å². The number of rotatable bonds is 9. The number of imidazole rings is 1. The summed E-state index contributed by atoms with van der Waals surface area (Å²) < 4.78 is 0. The highest BCUT2D eigenvalue weighted by Gasteiger charge is 2.25. The average Bonchev–Trinajstić information content (AvgIpc) is 3.43. The number of anilines is 1. The molecule has 2 aromatic carbocycles. The van der Waals surface area contributed by atoms with Gasteiger partial charge in [0.25, 0.3) is 5.91 Å². The van der Waals surface area contributed by atoms with Gasteiger partial charge in [-0.1, -0.05) is 11.8 Å². The first-order valence-corrected chi connectivity index (χ1v) is 11.6. The lowest BCUT2D eigenvalue weighted by atomic mass is 10.1. The quantitative estimate of drug-likeness (QED) is 0.224. The molecule has 10 heteroatoms. The molecule has 0 bridgehead atoms. The zero-order valence-corrected chi connectivity index (χ0v) is 20.6. The van der Waals surface area contributed by atoms with Gasteiger partial charge in [0.1, 0.15) is 12.6 Å². The normalized spacial score (nSPS) is 12.5. The summed E-state index contributed by atoms with van der Waals surface area (Å²) in [6, 6.07) is 11.3. The van der Waals surface area contributed by atoms with E-state index in [1.54, 1.807) is 42.6 Å². The number of carbonyl (C=O) groups excluding carboxylic acids is 3. The van der Waals surface area contributed by atoms with Crippen LogP contribution < -0.4 is 16.4 Å². The van der Waals surface area contributed by atoms with Crippen molar-refractivity contribution in [2.24, 2.45) is 5.73 Å². The van der Waals surface area contributed by atoms with Gasteiger partial charge in [0, 0.05) is 40.7 Å². The van der Waals surface area contributed by atoms with E-state index in [1.165, 1.54) is 25.4 Å². The van der Waals surface area contributed by atoms with Crippen LogP contribution in [0.4, 0.5) is 5.69 Å². The zero-order chi connectivity index (χ0) is 27.5. The van der Waals surface area contributed by atoms with Gasteiger partial charge < -0.3 is 31.6 Å². The monoisotopic (exact) mass is 513 g/mol. The van der Waals surface area contributed by atoms with E-state index in [4.69, 9.17) is 10.8 Å². The van der Waals surface area contributed by atoms with Crippen LogP contribution in [0, 0.1) is 23.7 Å². The Kier molecular flexibility index (Phi) is 9.92. The number of aliphatic hydroxyl groups excluding tert-OH is 2. The van der Waals surface area contributed by atoms with Gasteiger partial charge in [-0.15, -0.1) is 0 Å². The number of aromatic nitrogens is 2. The molecule has 38 heavy (non-hydrogen) atoms. The number of aliphatic hydroxyl groups is 2. The molecule has 0 unspecified atom stereocenters. The lowest BCUT2D eigenvalue weighted by Crippen LogP contribution is -2.48. The Morgan fingerprint density at radius 1 is 1.03 bits per heavy atom. The number of amides is 2. The Bertz CT molecular complexity index is 1380. The second-order valence-electron chi connectivity index (χ2n) is 8.35. The Hall–Kier alpha value is -4.74. The smallest absolute Gasteiger partial charge is 0.251 e. The topological polar surface area (TPSA) is 170 Å². The van der Waals surface area contributed by atoms with E-state index < -0.39 is 36.5 Å². The van der Waals surface area contributed by atoms with Crippen molar-refractivity contribution in [2.75, 3.05) is 11.9 Å².